The molecule has 146 valence electrons. The summed E-state index contributed by atoms with van der Waals surface area (Å²) in [7, 11) is 0. The Labute approximate surface area is 167 Å². The van der Waals surface area contributed by atoms with Crippen molar-refractivity contribution in [2.24, 2.45) is 0 Å². The number of furan rings is 1. The summed E-state index contributed by atoms with van der Waals surface area (Å²) in [6.07, 6.45) is 5.67. The van der Waals surface area contributed by atoms with Crippen LogP contribution in [0.1, 0.15) is 57.7 Å². The van der Waals surface area contributed by atoms with Crippen LogP contribution in [0.2, 0.25) is 0 Å². The highest BCUT2D eigenvalue weighted by molar-refractivity contribution is 7.15. The fraction of sp³-hybridized carbons (Fsp3) is 0.300. The third-order valence-corrected chi connectivity index (χ3v) is 5.07. The van der Waals surface area contributed by atoms with E-state index in [1.807, 2.05) is 6.92 Å². The lowest BCUT2D eigenvalue weighted by Gasteiger charge is -2.09. The molecule has 3 rings (SSSR count). The van der Waals surface area contributed by atoms with Crippen molar-refractivity contribution in [2.75, 3.05) is 10.6 Å². The Morgan fingerprint density at radius 2 is 1.96 bits per heavy atom. The number of aromatic nitrogens is 2. The molecule has 0 spiro atoms. The molecular formula is C20H22N4O3S. The van der Waals surface area contributed by atoms with Gasteiger partial charge < -0.3 is 9.73 Å². The van der Waals surface area contributed by atoms with Crippen LogP contribution >= 0.6 is 11.3 Å². The molecule has 0 unspecified atom stereocenters. The van der Waals surface area contributed by atoms with Crippen LogP contribution < -0.4 is 10.6 Å². The second kappa shape index (κ2) is 9.27. The minimum absolute atomic E-state index is 0.207. The predicted molar refractivity (Wildman–Crippen MR) is 109 cm³/mol. The zero-order valence-electron chi connectivity index (χ0n) is 15.8. The minimum Gasteiger partial charge on any atom is -0.459 e. The van der Waals surface area contributed by atoms with Crippen molar-refractivity contribution in [3.63, 3.8) is 0 Å². The standard InChI is InChI=1S/C20H22N4O3S/c1-3-4-5-8-17-23-24-20(28-17)22-18(25)14-10-9-13(2)15(12-14)21-19(26)16-7-6-11-27-16/h6-7,9-12H,3-5,8H2,1-2H3,(H,21,26)(H,22,24,25). The summed E-state index contributed by atoms with van der Waals surface area (Å²) in [5, 5.41) is 15.1. The Balaban J connectivity index is 1.66. The fourth-order valence-corrected chi connectivity index (χ4v) is 3.37. The summed E-state index contributed by atoms with van der Waals surface area (Å²) in [4.78, 5) is 24.7. The molecule has 2 heterocycles. The number of hydrogen-bond acceptors (Lipinski definition) is 6. The third-order valence-electron chi connectivity index (χ3n) is 4.17. The van der Waals surface area contributed by atoms with Crippen LogP contribution in [-0.2, 0) is 6.42 Å². The number of carbonyl (C=O) groups is 2. The number of nitrogens with one attached hydrogen (secondary N) is 2. The zero-order valence-corrected chi connectivity index (χ0v) is 16.6. The second-order valence-corrected chi connectivity index (χ2v) is 7.44. The van der Waals surface area contributed by atoms with Gasteiger partial charge >= 0.3 is 0 Å². The van der Waals surface area contributed by atoms with Crippen LogP contribution in [0.25, 0.3) is 0 Å². The highest BCUT2D eigenvalue weighted by Crippen LogP contribution is 2.21. The van der Waals surface area contributed by atoms with E-state index in [0.717, 1.165) is 36.3 Å². The van der Waals surface area contributed by atoms with Gasteiger partial charge in [-0.05, 0) is 43.2 Å². The molecular weight excluding hydrogens is 376 g/mol. The van der Waals surface area contributed by atoms with Gasteiger partial charge in [0.05, 0.1) is 6.26 Å². The van der Waals surface area contributed by atoms with Crippen molar-refractivity contribution in [2.45, 2.75) is 39.5 Å². The molecule has 0 aliphatic heterocycles. The molecule has 0 bridgehead atoms. The summed E-state index contributed by atoms with van der Waals surface area (Å²) in [5.74, 6) is -0.463. The van der Waals surface area contributed by atoms with Crippen LogP contribution in [0.3, 0.4) is 0 Å². The molecule has 0 aliphatic rings. The SMILES string of the molecule is CCCCCc1nnc(NC(=O)c2ccc(C)c(NC(=O)c3ccco3)c2)s1. The number of carbonyl (C=O) groups excluding carboxylic acids is 2. The highest BCUT2D eigenvalue weighted by Gasteiger charge is 2.14. The lowest BCUT2D eigenvalue weighted by Crippen LogP contribution is -2.15. The van der Waals surface area contributed by atoms with Crippen molar-refractivity contribution in [3.05, 3.63) is 58.5 Å². The van der Waals surface area contributed by atoms with Crippen molar-refractivity contribution < 1.29 is 14.0 Å². The molecule has 28 heavy (non-hydrogen) atoms. The van der Waals surface area contributed by atoms with E-state index < -0.39 is 0 Å². The Kier molecular flexibility index (Phi) is 6.54. The predicted octanol–water partition coefficient (Wildman–Crippen LogP) is 4.68. The Morgan fingerprint density at radius 1 is 1.11 bits per heavy atom. The Hall–Kier alpha value is -3.00. The van der Waals surface area contributed by atoms with Gasteiger partial charge in [0.25, 0.3) is 11.8 Å². The molecule has 8 heteroatoms. The molecule has 2 amide bonds. The van der Waals surface area contributed by atoms with E-state index in [1.54, 1.807) is 30.3 Å². The summed E-state index contributed by atoms with van der Waals surface area (Å²) in [6, 6.07) is 8.34. The van der Waals surface area contributed by atoms with Gasteiger partial charge in [-0.15, -0.1) is 10.2 Å². The molecule has 2 N–H and O–H groups in total. The van der Waals surface area contributed by atoms with E-state index in [4.69, 9.17) is 4.42 Å². The zero-order chi connectivity index (χ0) is 19.9. The molecule has 0 saturated heterocycles. The summed E-state index contributed by atoms with van der Waals surface area (Å²) in [5.41, 5.74) is 1.81. The first kappa shape index (κ1) is 19.8. The van der Waals surface area contributed by atoms with Crippen molar-refractivity contribution >= 4 is 34.0 Å². The maximum absolute atomic E-state index is 12.6. The quantitative estimate of drug-likeness (QED) is 0.537. The number of rotatable bonds is 8. The number of nitrogens with zero attached hydrogens (tertiary/aromatic N) is 2. The molecule has 0 aliphatic carbocycles. The first-order chi connectivity index (χ1) is 13.6. The molecule has 2 aromatic heterocycles. The first-order valence-electron chi connectivity index (χ1n) is 9.16. The van der Waals surface area contributed by atoms with Gasteiger partial charge in [-0.1, -0.05) is 37.2 Å². The normalized spacial score (nSPS) is 10.6. The summed E-state index contributed by atoms with van der Waals surface area (Å²) < 4.78 is 5.10. The highest BCUT2D eigenvalue weighted by atomic mass is 32.1. The van der Waals surface area contributed by atoms with E-state index in [0.29, 0.717) is 16.4 Å². The fourth-order valence-electron chi connectivity index (χ4n) is 2.59. The van der Waals surface area contributed by atoms with Gasteiger partial charge in [0, 0.05) is 17.7 Å². The second-order valence-electron chi connectivity index (χ2n) is 6.37. The van der Waals surface area contributed by atoms with Gasteiger partial charge in [0.2, 0.25) is 5.13 Å². The van der Waals surface area contributed by atoms with Gasteiger partial charge in [-0.2, -0.15) is 0 Å². The van der Waals surface area contributed by atoms with Crippen molar-refractivity contribution in [3.8, 4) is 0 Å². The lowest BCUT2D eigenvalue weighted by molar-refractivity contribution is 0.0993. The maximum Gasteiger partial charge on any atom is 0.291 e. The molecule has 0 atom stereocenters. The smallest absolute Gasteiger partial charge is 0.291 e. The molecule has 7 nitrogen and oxygen atoms in total. The maximum atomic E-state index is 12.6. The van der Waals surface area contributed by atoms with Crippen LogP contribution in [0.5, 0.6) is 0 Å². The molecule has 1 aromatic carbocycles. The van der Waals surface area contributed by atoms with E-state index in [-0.39, 0.29) is 17.6 Å². The number of benzene rings is 1. The van der Waals surface area contributed by atoms with E-state index in [1.165, 1.54) is 17.6 Å². The minimum atomic E-state index is -0.369. The van der Waals surface area contributed by atoms with Crippen LogP contribution in [-0.4, -0.2) is 22.0 Å². The summed E-state index contributed by atoms with van der Waals surface area (Å²) >= 11 is 1.39. The molecule has 0 fully saturated rings. The topological polar surface area (TPSA) is 97.1 Å². The number of amides is 2. The van der Waals surface area contributed by atoms with E-state index in [2.05, 4.69) is 27.8 Å². The molecule has 0 saturated carbocycles. The van der Waals surface area contributed by atoms with Crippen LogP contribution in [0.4, 0.5) is 10.8 Å². The number of anilines is 2. The first-order valence-corrected chi connectivity index (χ1v) is 9.97. The van der Waals surface area contributed by atoms with Crippen LogP contribution in [0, 0.1) is 6.92 Å². The Bertz CT molecular complexity index is 950. The van der Waals surface area contributed by atoms with Gasteiger partial charge in [0.15, 0.2) is 5.76 Å². The molecule has 3 aromatic rings. The third kappa shape index (κ3) is 5.04. The average molecular weight is 398 g/mol. The van der Waals surface area contributed by atoms with E-state index in [9.17, 15) is 9.59 Å². The number of unbranched alkanes of at least 4 members (excludes halogenated alkanes) is 2. The average Bonchev–Trinajstić information content (AvgIpc) is 3.36. The van der Waals surface area contributed by atoms with Gasteiger partial charge in [0.1, 0.15) is 5.01 Å². The van der Waals surface area contributed by atoms with Crippen molar-refractivity contribution in [1.82, 2.24) is 10.2 Å². The van der Waals surface area contributed by atoms with Gasteiger partial charge in [-0.3, -0.25) is 14.9 Å². The van der Waals surface area contributed by atoms with Crippen molar-refractivity contribution in [1.29, 1.82) is 0 Å². The Morgan fingerprint density at radius 3 is 2.71 bits per heavy atom. The molecule has 0 radical (unpaired) electrons. The lowest BCUT2D eigenvalue weighted by atomic mass is 10.1. The number of hydrogen-bond donors (Lipinski definition) is 2. The number of aryl methyl sites for hydroxylation is 2. The monoisotopic (exact) mass is 398 g/mol. The van der Waals surface area contributed by atoms with Gasteiger partial charge in [-0.25, -0.2) is 0 Å². The van der Waals surface area contributed by atoms with Crippen LogP contribution in [0.15, 0.2) is 41.0 Å². The largest absolute Gasteiger partial charge is 0.459 e. The van der Waals surface area contributed by atoms with E-state index >= 15 is 0 Å². The summed E-state index contributed by atoms with van der Waals surface area (Å²) in [6.45, 7) is 4.01.